The van der Waals surface area contributed by atoms with Gasteiger partial charge in [0.15, 0.2) is 11.5 Å². The van der Waals surface area contributed by atoms with Crippen LogP contribution in [0.5, 0.6) is 11.5 Å². The number of piperazine rings is 1. The molecule has 9 nitrogen and oxygen atoms in total. The largest absolute Gasteiger partial charge is 0.493 e. The summed E-state index contributed by atoms with van der Waals surface area (Å²) in [6.45, 7) is 8.16. The van der Waals surface area contributed by atoms with Crippen molar-refractivity contribution in [1.82, 2.24) is 9.88 Å². The van der Waals surface area contributed by atoms with Crippen molar-refractivity contribution < 1.29 is 14.3 Å². The van der Waals surface area contributed by atoms with Crippen molar-refractivity contribution in [2.24, 2.45) is 0 Å². The first-order valence-corrected chi connectivity index (χ1v) is 11.4. The summed E-state index contributed by atoms with van der Waals surface area (Å²) >= 11 is 0. The summed E-state index contributed by atoms with van der Waals surface area (Å²) in [6.07, 6.45) is 1.57. The third-order valence-corrected chi connectivity index (χ3v) is 5.87. The minimum absolute atomic E-state index is 0.208. The SMILES string of the molecule is C=C(C)COc1cc2ncc(C#N)c(N3CCN(C(=O)Nc4ccc(C#N)cc4)CC3)c2cc1OC. The van der Waals surface area contributed by atoms with Gasteiger partial charge in [-0.3, -0.25) is 4.98 Å². The van der Waals surface area contributed by atoms with Gasteiger partial charge in [-0.2, -0.15) is 10.5 Å². The molecule has 0 saturated carbocycles. The molecule has 0 atom stereocenters. The molecule has 1 aliphatic heterocycles. The molecule has 2 heterocycles. The van der Waals surface area contributed by atoms with Gasteiger partial charge >= 0.3 is 6.03 Å². The summed E-state index contributed by atoms with van der Waals surface area (Å²) < 4.78 is 11.4. The highest BCUT2D eigenvalue weighted by Crippen LogP contribution is 2.38. The molecule has 0 spiro atoms. The number of hydrogen-bond acceptors (Lipinski definition) is 7. The van der Waals surface area contributed by atoms with Crippen LogP contribution in [0.4, 0.5) is 16.2 Å². The molecule has 9 heteroatoms. The number of nitrogens with one attached hydrogen (secondary N) is 1. The number of methoxy groups -OCH3 is 1. The molecule has 1 aromatic heterocycles. The highest BCUT2D eigenvalue weighted by molar-refractivity contribution is 5.97. The number of nitriles is 2. The van der Waals surface area contributed by atoms with E-state index in [0.29, 0.717) is 66.6 Å². The number of rotatable bonds is 6. The molecule has 0 aliphatic carbocycles. The van der Waals surface area contributed by atoms with E-state index in [1.807, 2.05) is 19.1 Å². The molecular weight excluding hydrogens is 456 g/mol. The Morgan fingerprint density at radius 3 is 2.44 bits per heavy atom. The molecule has 36 heavy (non-hydrogen) atoms. The van der Waals surface area contributed by atoms with E-state index in [4.69, 9.17) is 14.7 Å². The fourth-order valence-electron chi connectivity index (χ4n) is 4.05. The van der Waals surface area contributed by atoms with Crippen molar-refractivity contribution in [3.8, 4) is 23.6 Å². The number of fused-ring (bicyclic) bond motifs is 1. The lowest BCUT2D eigenvalue weighted by molar-refractivity contribution is 0.208. The van der Waals surface area contributed by atoms with Gasteiger partial charge in [0.1, 0.15) is 12.7 Å². The first kappa shape index (κ1) is 24.4. The number of aromatic nitrogens is 1. The zero-order chi connectivity index (χ0) is 25.7. The number of nitrogens with zero attached hydrogens (tertiary/aromatic N) is 5. The quantitative estimate of drug-likeness (QED) is 0.521. The predicted molar refractivity (Wildman–Crippen MR) is 137 cm³/mol. The van der Waals surface area contributed by atoms with Crippen LogP contribution in [0.1, 0.15) is 18.1 Å². The van der Waals surface area contributed by atoms with Gasteiger partial charge in [0, 0.05) is 49.5 Å². The molecule has 1 fully saturated rings. The zero-order valence-electron chi connectivity index (χ0n) is 20.2. The first-order valence-electron chi connectivity index (χ1n) is 11.4. The number of anilines is 2. The number of hydrogen-bond donors (Lipinski definition) is 1. The number of pyridine rings is 1. The average Bonchev–Trinajstić information content (AvgIpc) is 2.91. The second-order valence-corrected chi connectivity index (χ2v) is 8.49. The summed E-state index contributed by atoms with van der Waals surface area (Å²) in [5.41, 5.74) is 3.94. The summed E-state index contributed by atoms with van der Waals surface area (Å²) in [5, 5.41) is 22.4. The van der Waals surface area contributed by atoms with Crippen LogP contribution in [0.15, 0.2) is 54.7 Å². The molecule has 0 radical (unpaired) electrons. The molecule has 1 aliphatic rings. The Balaban J connectivity index is 1.54. The monoisotopic (exact) mass is 482 g/mol. The maximum absolute atomic E-state index is 12.8. The van der Waals surface area contributed by atoms with Crippen LogP contribution in [0.25, 0.3) is 10.9 Å². The maximum Gasteiger partial charge on any atom is 0.321 e. The number of carbonyl (C=O) groups excluding carboxylic acids is 1. The standard InChI is InChI=1S/C27H26N6O3/c1-18(2)17-36-25-13-23-22(12-24(25)35-3)26(20(15-29)16-30-23)32-8-10-33(11-9-32)27(34)31-21-6-4-19(14-28)5-7-21/h4-7,12-13,16H,1,8-11,17H2,2-3H3,(H,31,34). The van der Waals surface area contributed by atoms with Gasteiger partial charge in [0.2, 0.25) is 0 Å². The van der Waals surface area contributed by atoms with Gasteiger partial charge in [0.25, 0.3) is 0 Å². The van der Waals surface area contributed by atoms with Gasteiger partial charge in [-0.05, 0) is 42.8 Å². The molecule has 1 saturated heterocycles. The molecule has 2 amide bonds. The molecule has 182 valence electrons. The van der Waals surface area contributed by atoms with Gasteiger partial charge in [-0.1, -0.05) is 6.58 Å². The highest BCUT2D eigenvalue weighted by atomic mass is 16.5. The fourth-order valence-corrected chi connectivity index (χ4v) is 4.05. The van der Waals surface area contributed by atoms with Gasteiger partial charge < -0.3 is 24.6 Å². The van der Waals surface area contributed by atoms with E-state index in [9.17, 15) is 10.1 Å². The summed E-state index contributed by atoms with van der Waals surface area (Å²) in [7, 11) is 1.57. The molecule has 4 rings (SSSR count). The van der Waals surface area contributed by atoms with Gasteiger partial charge in [-0.25, -0.2) is 4.79 Å². The Labute approximate surface area is 209 Å². The van der Waals surface area contributed by atoms with Crippen LogP contribution in [0.3, 0.4) is 0 Å². The minimum Gasteiger partial charge on any atom is -0.493 e. The Bertz CT molecular complexity index is 1380. The number of carbonyl (C=O) groups is 1. The van der Waals surface area contributed by atoms with Crippen molar-refractivity contribution in [3.63, 3.8) is 0 Å². The Kier molecular flexibility index (Phi) is 7.22. The van der Waals surface area contributed by atoms with E-state index in [2.05, 4.69) is 33.9 Å². The van der Waals surface area contributed by atoms with Gasteiger partial charge in [-0.15, -0.1) is 0 Å². The zero-order valence-corrected chi connectivity index (χ0v) is 20.2. The lowest BCUT2D eigenvalue weighted by Crippen LogP contribution is -2.50. The molecule has 3 aromatic rings. The summed E-state index contributed by atoms with van der Waals surface area (Å²) in [6, 6.07) is 14.5. The van der Waals surface area contributed by atoms with Crippen molar-refractivity contribution in [2.75, 3.05) is 50.1 Å². The summed E-state index contributed by atoms with van der Waals surface area (Å²) in [5.74, 6) is 1.10. The third-order valence-electron chi connectivity index (χ3n) is 5.87. The highest BCUT2D eigenvalue weighted by Gasteiger charge is 2.25. The molecule has 0 unspecified atom stereocenters. The van der Waals surface area contributed by atoms with E-state index in [1.54, 1.807) is 42.5 Å². The molecule has 2 aromatic carbocycles. The normalized spacial score (nSPS) is 13.0. The molecular formula is C27H26N6O3. The van der Waals surface area contributed by atoms with E-state index in [0.717, 1.165) is 16.6 Å². The second-order valence-electron chi connectivity index (χ2n) is 8.49. The van der Waals surface area contributed by atoms with E-state index in [-0.39, 0.29) is 6.03 Å². The molecule has 0 bridgehead atoms. The Morgan fingerprint density at radius 1 is 1.11 bits per heavy atom. The summed E-state index contributed by atoms with van der Waals surface area (Å²) in [4.78, 5) is 21.1. The first-order chi connectivity index (χ1) is 17.4. The van der Waals surface area contributed by atoms with Crippen LogP contribution >= 0.6 is 0 Å². The predicted octanol–water partition coefficient (Wildman–Crippen LogP) is 4.30. The van der Waals surface area contributed by atoms with E-state index in [1.165, 1.54) is 0 Å². The van der Waals surface area contributed by atoms with Crippen LogP contribution < -0.4 is 19.7 Å². The third kappa shape index (κ3) is 5.16. The van der Waals surface area contributed by atoms with Crippen LogP contribution in [0, 0.1) is 22.7 Å². The maximum atomic E-state index is 12.8. The van der Waals surface area contributed by atoms with Gasteiger partial charge in [0.05, 0.1) is 35.5 Å². The number of benzene rings is 2. The molecule has 1 N–H and O–H groups in total. The van der Waals surface area contributed by atoms with E-state index >= 15 is 0 Å². The topological polar surface area (TPSA) is 115 Å². The second kappa shape index (κ2) is 10.7. The Morgan fingerprint density at radius 2 is 1.83 bits per heavy atom. The lowest BCUT2D eigenvalue weighted by Gasteiger charge is -2.36. The fraction of sp³-hybridized carbons (Fsp3) is 0.259. The number of urea groups is 1. The van der Waals surface area contributed by atoms with E-state index < -0.39 is 0 Å². The van der Waals surface area contributed by atoms with Crippen LogP contribution in [0.2, 0.25) is 0 Å². The Hall–Kier alpha value is -4.76. The number of ether oxygens (including phenoxy) is 2. The van der Waals surface area contributed by atoms with Crippen molar-refractivity contribution in [3.05, 3.63) is 65.9 Å². The van der Waals surface area contributed by atoms with Crippen LogP contribution in [-0.2, 0) is 0 Å². The number of amides is 2. The minimum atomic E-state index is -0.208. The average molecular weight is 483 g/mol. The lowest BCUT2D eigenvalue weighted by atomic mass is 10.1. The van der Waals surface area contributed by atoms with Crippen molar-refractivity contribution in [1.29, 1.82) is 10.5 Å². The van der Waals surface area contributed by atoms with Crippen molar-refractivity contribution in [2.45, 2.75) is 6.92 Å². The smallest absolute Gasteiger partial charge is 0.321 e. The van der Waals surface area contributed by atoms with Crippen molar-refractivity contribution >= 4 is 28.3 Å². The van der Waals surface area contributed by atoms with Crippen LogP contribution in [-0.4, -0.2) is 55.8 Å².